The molecule has 1 N–H and O–H groups in total. The monoisotopic (exact) mass is 489 g/mol. The lowest BCUT2D eigenvalue weighted by atomic mass is 10.1. The number of carbonyl (C=O) groups is 1. The summed E-state index contributed by atoms with van der Waals surface area (Å²) < 4.78 is 11.5. The number of methoxy groups -OCH3 is 1. The Balaban J connectivity index is 1.35. The number of ether oxygens (including phenoxy) is 2. The zero-order valence-electron chi connectivity index (χ0n) is 19.8. The van der Waals surface area contributed by atoms with Crippen LogP contribution < -0.4 is 9.47 Å². The van der Waals surface area contributed by atoms with E-state index in [9.17, 15) is 4.79 Å². The first-order valence-corrected chi connectivity index (χ1v) is 12.5. The molecule has 2 aromatic carbocycles. The van der Waals surface area contributed by atoms with Gasteiger partial charge >= 0.3 is 0 Å². The number of fused-ring (bicyclic) bond motifs is 1. The molecule has 3 aliphatic rings. The maximum atomic E-state index is 12.8. The van der Waals surface area contributed by atoms with Gasteiger partial charge in [0.2, 0.25) is 5.17 Å². The maximum absolute atomic E-state index is 12.8. The first kappa shape index (κ1) is 23.2. The lowest BCUT2D eigenvalue weighted by molar-refractivity contribution is -0.114. The lowest BCUT2D eigenvalue weighted by Crippen LogP contribution is -2.35. The van der Waals surface area contributed by atoms with Gasteiger partial charge in [-0.1, -0.05) is 30.3 Å². The van der Waals surface area contributed by atoms with Crippen LogP contribution in [0.25, 0.3) is 6.08 Å². The molecule has 1 saturated heterocycles. The number of amides is 1. The SMILES string of the molecule is COc1cc(/C=C2/C(=N)N3N=C(N4CCCCC4)SC3=NC2=O)ccc1OCc1ccccc1C. The number of hydrogen-bond acceptors (Lipinski definition) is 7. The highest BCUT2D eigenvalue weighted by atomic mass is 32.2. The minimum absolute atomic E-state index is 0.0263. The molecule has 2 aromatic rings. The molecule has 3 aliphatic heterocycles. The quantitative estimate of drug-likeness (QED) is 0.615. The number of hydrogen-bond donors (Lipinski definition) is 1. The summed E-state index contributed by atoms with van der Waals surface area (Å²) in [6, 6.07) is 13.5. The van der Waals surface area contributed by atoms with E-state index in [2.05, 4.69) is 15.0 Å². The molecule has 3 heterocycles. The Morgan fingerprint density at radius 1 is 1.09 bits per heavy atom. The number of benzene rings is 2. The van der Waals surface area contributed by atoms with Gasteiger partial charge in [-0.15, -0.1) is 5.10 Å². The highest BCUT2D eigenvalue weighted by molar-refractivity contribution is 8.26. The third kappa shape index (κ3) is 4.81. The summed E-state index contributed by atoms with van der Waals surface area (Å²) >= 11 is 1.36. The van der Waals surface area contributed by atoms with Gasteiger partial charge in [-0.05, 0) is 72.8 Å². The van der Waals surface area contributed by atoms with Crippen molar-refractivity contribution >= 4 is 39.9 Å². The van der Waals surface area contributed by atoms with Crippen LogP contribution in [0.15, 0.2) is 58.1 Å². The number of aliphatic imine (C=N–C) groups is 1. The van der Waals surface area contributed by atoms with E-state index in [0.717, 1.165) is 42.2 Å². The number of nitrogens with one attached hydrogen (secondary N) is 1. The number of likely N-dealkylation sites (tertiary alicyclic amines) is 1. The highest BCUT2D eigenvalue weighted by Crippen LogP contribution is 2.33. The smallest absolute Gasteiger partial charge is 0.283 e. The third-order valence-corrected chi connectivity index (χ3v) is 7.18. The van der Waals surface area contributed by atoms with E-state index in [1.54, 1.807) is 19.3 Å². The standard InChI is InChI=1S/C26H27N5O3S/c1-17-8-4-5-9-19(17)16-34-21-11-10-18(15-22(21)33-2)14-20-23(27)31-25(28-24(20)32)35-26(29-31)30-12-6-3-7-13-30/h4-5,8-11,14-15,27H,3,6-7,12-13,16H2,1-2H3/b20-14-,27-23?. The van der Waals surface area contributed by atoms with Crippen molar-refractivity contribution in [3.05, 3.63) is 64.7 Å². The summed E-state index contributed by atoms with van der Waals surface area (Å²) in [6.07, 6.45) is 5.12. The van der Waals surface area contributed by atoms with Gasteiger partial charge in [-0.3, -0.25) is 10.2 Å². The van der Waals surface area contributed by atoms with Crippen LogP contribution in [-0.4, -0.2) is 52.2 Å². The summed E-state index contributed by atoms with van der Waals surface area (Å²) in [7, 11) is 1.58. The average Bonchev–Trinajstić information content (AvgIpc) is 3.31. The molecule has 1 fully saturated rings. The zero-order valence-corrected chi connectivity index (χ0v) is 20.6. The second kappa shape index (κ2) is 9.95. The van der Waals surface area contributed by atoms with E-state index >= 15 is 0 Å². The van der Waals surface area contributed by atoms with E-state index in [1.165, 1.54) is 23.2 Å². The third-order valence-electron chi connectivity index (χ3n) is 6.21. The Labute approximate surface area is 208 Å². The predicted octanol–water partition coefficient (Wildman–Crippen LogP) is 4.65. The minimum Gasteiger partial charge on any atom is -0.493 e. The van der Waals surface area contributed by atoms with Crippen LogP contribution in [-0.2, 0) is 11.4 Å². The summed E-state index contributed by atoms with van der Waals surface area (Å²) in [5, 5.41) is 15.9. The van der Waals surface area contributed by atoms with E-state index in [-0.39, 0.29) is 11.4 Å². The lowest BCUT2D eigenvalue weighted by Gasteiger charge is -2.26. The largest absolute Gasteiger partial charge is 0.493 e. The van der Waals surface area contributed by atoms with E-state index < -0.39 is 5.91 Å². The molecule has 0 aromatic heterocycles. The molecule has 35 heavy (non-hydrogen) atoms. The fraction of sp³-hybridized carbons (Fsp3) is 0.308. The highest BCUT2D eigenvalue weighted by Gasteiger charge is 2.37. The topological polar surface area (TPSA) is 90.6 Å². The normalized spacial score (nSPS) is 19.0. The van der Waals surface area contributed by atoms with Gasteiger partial charge < -0.3 is 14.4 Å². The molecule has 0 radical (unpaired) electrons. The fourth-order valence-electron chi connectivity index (χ4n) is 4.18. The number of carbonyl (C=O) groups excluding carboxylic acids is 1. The van der Waals surface area contributed by atoms with Crippen molar-refractivity contribution in [3.63, 3.8) is 0 Å². The van der Waals surface area contributed by atoms with Crippen molar-refractivity contribution in [2.45, 2.75) is 32.8 Å². The number of rotatable bonds is 5. The molecular weight excluding hydrogens is 462 g/mol. The summed E-state index contributed by atoms with van der Waals surface area (Å²) in [5.41, 5.74) is 3.16. The summed E-state index contributed by atoms with van der Waals surface area (Å²) in [5.74, 6) is 0.741. The molecule has 1 amide bonds. The molecule has 180 valence electrons. The van der Waals surface area contributed by atoms with Crippen molar-refractivity contribution in [1.82, 2.24) is 9.91 Å². The molecule has 5 rings (SSSR count). The molecule has 0 spiro atoms. The Morgan fingerprint density at radius 3 is 2.66 bits per heavy atom. The predicted molar refractivity (Wildman–Crippen MR) is 139 cm³/mol. The van der Waals surface area contributed by atoms with Crippen molar-refractivity contribution in [2.75, 3.05) is 20.2 Å². The van der Waals surface area contributed by atoms with Gasteiger partial charge in [0.25, 0.3) is 5.91 Å². The van der Waals surface area contributed by atoms with Crippen LogP contribution in [0, 0.1) is 12.3 Å². The second-order valence-corrected chi connectivity index (χ2v) is 9.51. The summed E-state index contributed by atoms with van der Waals surface area (Å²) in [6.45, 7) is 4.35. The van der Waals surface area contributed by atoms with E-state index in [1.807, 2.05) is 43.3 Å². The van der Waals surface area contributed by atoms with Crippen molar-refractivity contribution in [3.8, 4) is 11.5 Å². The first-order chi connectivity index (χ1) is 17.0. The molecule has 0 saturated carbocycles. The van der Waals surface area contributed by atoms with Gasteiger partial charge in [0.05, 0.1) is 12.7 Å². The van der Waals surface area contributed by atoms with Crippen LogP contribution in [0.1, 0.15) is 36.0 Å². The molecular formula is C26H27N5O3S. The van der Waals surface area contributed by atoms with Crippen LogP contribution in [0.5, 0.6) is 11.5 Å². The zero-order chi connectivity index (χ0) is 24.4. The minimum atomic E-state index is -0.442. The molecule has 0 atom stereocenters. The van der Waals surface area contributed by atoms with E-state index in [4.69, 9.17) is 14.9 Å². The Bertz CT molecular complexity index is 1260. The summed E-state index contributed by atoms with van der Waals surface area (Å²) in [4.78, 5) is 19.2. The number of hydrazone groups is 1. The fourth-order valence-corrected chi connectivity index (χ4v) is 5.13. The second-order valence-electron chi connectivity index (χ2n) is 8.58. The van der Waals surface area contributed by atoms with Crippen LogP contribution in [0.2, 0.25) is 0 Å². The van der Waals surface area contributed by atoms with Crippen LogP contribution in [0.3, 0.4) is 0 Å². The van der Waals surface area contributed by atoms with Gasteiger partial charge in [-0.2, -0.15) is 10.0 Å². The molecule has 9 heteroatoms. The maximum Gasteiger partial charge on any atom is 0.283 e. The average molecular weight is 490 g/mol. The van der Waals surface area contributed by atoms with Crippen molar-refractivity contribution in [2.24, 2.45) is 10.1 Å². The van der Waals surface area contributed by atoms with Gasteiger partial charge in [-0.25, -0.2) is 0 Å². The Hall–Kier alpha value is -3.59. The number of nitrogens with zero attached hydrogens (tertiary/aromatic N) is 4. The number of aryl methyl sites for hydroxylation is 1. The van der Waals surface area contributed by atoms with Crippen LogP contribution >= 0.6 is 11.8 Å². The van der Waals surface area contributed by atoms with E-state index in [0.29, 0.717) is 28.8 Å². The Morgan fingerprint density at radius 2 is 1.89 bits per heavy atom. The van der Waals surface area contributed by atoms with Gasteiger partial charge in [0.15, 0.2) is 22.5 Å². The van der Waals surface area contributed by atoms with Gasteiger partial charge in [0, 0.05) is 13.1 Å². The Kier molecular flexibility index (Phi) is 6.59. The van der Waals surface area contributed by atoms with Crippen molar-refractivity contribution in [1.29, 1.82) is 5.41 Å². The number of thioether (sulfide) groups is 1. The molecule has 8 nitrogen and oxygen atoms in total. The number of piperidine rings is 1. The molecule has 0 bridgehead atoms. The number of amidine groups is 3. The van der Waals surface area contributed by atoms with Crippen molar-refractivity contribution < 1.29 is 14.3 Å². The molecule has 0 aliphatic carbocycles. The molecule has 0 unspecified atom stereocenters. The van der Waals surface area contributed by atoms with Crippen LogP contribution in [0.4, 0.5) is 0 Å². The first-order valence-electron chi connectivity index (χ1n) is 11.6. The van der Waals surface area contributed by atoms with Gasteiger partial charge in [0.1, 0.15) is 6.61 Å².